The topological polar surface area (TPSA) is 34.1 Å². The highest BCUT2D eigenvalue weighted by atomic mass is 35.5. The molecule has 0 bridgehead atoms. The molecule has 0 aliphatic carbocycles. The van der Waals surface area contributed by atoms with Crippen LogP contribution in [0.25, 0.3) is 0 Å². The summed E-state index contributed by atoms with van der Waals surface area (Å²) in [4.78, 5) is 3.95. The van der Waals surface area contributed by atoms with Gasteiger partial charge in [0.15, 0.2) is 0 Å². The molecule has 94 valence electrons. The molecule has 6 heteroatoms. The van der Waals surface area contributed by atoms with Crippen LogP contribution < -0.4 is 10.1 Å². The summed E-state index contributed by atoms with van der Waals surface area (Å²) in [6.45, 7) is 2.13. The van der Waals surface area contributed by atoms with E-state index in [0.717, 1.165) is 31.7 Å². The molecule has 3 nitrogen and oxygen atoms in total. The molecular weight excluding hydrogens is 270 g/mol. The quantitative estimate of drug-likeness (QED) is 0.907. The Morgan fingerprint density at radius 3 is 2.19 bits per heavy atom. The van der Waals surface area contributed by atoms with E-state index in [2.05, 4.69) is 10.3 Å². The molecule has 1 saturated heterocycles. The second-order valence-electron chi connectivity index (χ2n) is 3.25. The molecule has 0 unspecified atom stereocenters. The van der Waals surface area contributed by atoms with Crippen molar-refractivity contribution in [2.45, 2.75) is 18.9 Å². The fraction of sp³-hybridized carbons (Fsp3) is 0.500. The van der Waals surface area contributed by atoms with Crippen LogP contribution in [0.1, 0.15) is 12.8 Å². The minimum absolute atomic E-state index is 0. The standard InChI is InChI=1S/C10H14N2O.3ClH/c1-5-11-6-2-9(1)13-10-3-7-12-8-4-10;;;/h1-2,5-6,10,12H,3-4,7-8H2;3*1H. The van der Waals surface area contributed by atoms with Gasteiger partial charge in [0.2, 0.25) is 0 Å². The SMILES string of the molecule is Cl.Cl.Cl.c1cc(OC2CCNCC2)ccn1. The number of hydrogen-bond donors (Lipinski definition) is 1. The molecule has 16 heavy (non-hydrogen) atoms. The van der Waals surface area contributed by atoms with Crippen LogP contribution in [0.2, 0.25) is 0 Å². The molecule has 0 saturated carbocycles. The third kappa shape index (κ3) is 5.75. The average molecular weight is 288 g/mol. The lowest BCUT2D eigenvalue weighted by atomic mass is 10.1. The normalized spacial score (nSPS) is 15.0. The van der Waals surface area contributed by atoms with E-state index < -0.39 is 0 Å². The van der Waals surface area contributed by atoms with Gasteiger partial charge in [-0.25, -0.2) is 0 Å². The van der Waals surface area contributed by atoms with E-state index in [0.29, 0.717) is 6.10 Å². The van der Waals surface area contributed by atoms with Crippen LogP contribution in [0.3, 0.4) is 0 Å². The summed E-state index contributed by atoms with van der Waals surface area (Å²) in [6, 6.07) is 3.81. The Bertz CT molecular complexity index is 256. The first-order valence-electron chi connectivity index (χ1n) is 4.72. The van der Waals surface area contributed by atoms with Crippen LogP contribution >= 0.6 is 37.2 Å². The van der Waals surface area contributed by atoms with Crippen molar-refractivity contribution in [2.24, 2.45) is 0 Å². The molecule has 1 aliphatic heterocycles. The molecule has 1 fully saturated rings. The zero-order valence-electron chi connectivity index (χ0n) is 8.80. The second-order valence-corrected chi connectivity index (χ2v) is 3.25. The molecule has 1 aromatic rings. The number of hydrogen-bond acceptors (Lipinski definition) is 3. The number of piperidine rings is 1. The lowest BCUT2D eigenvalue weighted by Crippen LogP contribution is -2.34. The maximum Gasteiger partial charge on any atom is 0.122 e. The number of ether oxygens (including phenoxy) is 1. The van der Waals surface area contributed by atoms with Gasteiger partial charge < -0.3 is 10.1 Å². The van der Waals surface area contributed by atoms with Gasteiger partial charge in [-0.2, -0.15) is 0 Å². The van der Waals surface area contributed by atoms with Crippen LogP contribution in [-0.4, -0.2) is 24.2 Å². The van der Waals surface area contributed by atoms with Crippen molar-refractivity contribution >= 4 is 37.2 Å². The number of nitrogens with one attached hydrogen (secondary N) is 1. The van der Waals surface area contributed by atoms with Gasteiger partial charge in [0.1, 0.15) is 11.9 Å². The third-order valence-electron chi connectivity index (χ3n) is 2.24. The van der Waals surface area contributed by atoms with Crippen molar-refractivity contribution in [3.05, 3.63) is 24.5 Å². The number of nitrogens with zero attached hydrogens (tertiary/aromatic N) is 1. The highest BCUT2D eigenvalue weighted by molar-refractivity contribution is 5.86. The molecule has 0 spiro atoms. The fourth-order valence-electron chi connectivity index (χ4n) is 1.52. The average Bonchev–Trinajstić information content (AvgIpc) is 2.21. The zero-order valence-corrected chi connectivity index (χ0v) is 11.2. The molecule has 1 N–H and O–H groups in total. The van der Waals surface area contributed by atoms with Crippen molar-refractivity contribution in [1.82, 2.24) is 10.3 Å². The predicted octanol–water partition coefficient (Wildman–Crippen LogP) is 2.48. The summed E-state index contributed by atoms with van der Waals surface area (Å²) < 4.78 is 5.78. The van der Waals surface area contributed by atoms with Gasteiger partial charge in [0.05, 0.1) is 0 Å². The Kier molecular flexibility index (Phi) is 11.3. The lowest BCUT2D eigenvalue weighted by Gasteiger charge is -2.23. The van der Waals surface area contributed by atoms with Crippen LogP contribution in [0, 0.1) is 0 Å². The second kappa shape index (κ2) is 9.97. The predicted molar refractivity (Wildman–Crippen MR) is 72.5 cm³/mol. The van der Waals surface area contributed by atoms with E-state index in [4.69, 9.17) is 4.74 Å². The first-order valence-corrected chi connectivity index (χ1v) is 4.72. The number of aromatic nitrogens is 1. The Hall–Kier alpha value is -0.220. The summed E-state index contributed by atoms with van der Waals surface area (Å²) in [5, 5.41) is 3.31. The molecule has 0 radical (unpaired) electrons. The first-order chi connectivity index (χ1) is 6.45. The van der Waals surface area contributed by atoms with E-state index in [9.17, 15) is 0 Å². The van der Waals surface area contributed by atoms with Gasteiger partial charge in [0.25, 0.3) is 0 Å². The molecule has 1 aliphatic rings. The lowest BCUT2D eigenvalue weighted by molar-refractivity contribution is 0.162. The van der Waals surface area contributed by atoms with Crippen LogP contribution in [-0.2, 0) is 0 Å². The van der Waals surface area contributed by atoms with E-state index in [1.165, 1.54) is 0 Å². The smallest absolute Gasteiger partial charge is 0.122 e. The fourth-order valence-corrected chi connectivity index (χ4v) is 1.52. The van der Waals surface area contributed by atoms with Gasteiger partial charge in [-0.3, -0.25) is 4.98 Å². The van der Waals surface area contributed by atoms with Crippen molar-refractivity contribution in [1.29, 1.82) is 0 Å². The van der Waals surface area contributed by atoms with Crippen LogP contribution in [0.4, 0.5) is 0 Å². The zero-order chi connectivity index (χ0) is 8.93. The summed E-state index contributed by atoms with van der Waals surface area (Å²) >= 11 is 0. The van der Waals surface area contributed by atoms with E-state index >= 15 is 0 Å². The maximum absolute atomic E-state index is 5.78. The van der Waals surface area contributed by atoms with Gasteiger partial charge in [-0.15, -0.1) is 37.2 Å². The van der Waals surface area contributed by atoms with Crippen molar-refractivity contribution in [2.75, 3.05) is 13.1 Å². The monoisotopic (exact) mass is 286 g/mol. The van der Waals surface area contributed by atoms with Gasteiger partial charge in [0, 0.05) is 12.4 Å². The molecule has 0 amide bonds. The van der Waals surface area contributed by atoms with Crippen molar-refractivity contribution in [3.63, 3.8) is 0 Å². The Balaban J connectivity index is 0. The van der Waals surface area contributed by atoms with Crippen LogP contribution in [0.15, 0.2) is 24.5 Å². The molecule has 0 atom stereocenters. The van der Waals surface area contributed by atoms with E-state index in [1.54, 1.807) is 12.4 Å². The Morgan fingerprint density at radius 1 is 1.06 bits per heavy atom. The van der Waals surface area contributed by atoms with E-state index in [1.807, 2.05) is 12.1 Å². The number of rotatable bonds is 2. The van der Waals surface area contributed by atoms with Gasteiger partial charge in [-0.1, -0.05) is 0 Å². The highest BCUT2D eigenvalue weighted by Crippen LogP contribution is 2.14. The van der Waals surface area contributed by atoms with Crippen molar-refractivity contribution in [3.8, 4) is 5.75 Å². The summed E-state index contributed by atoms with van der Waals surface area (Å²) in [5.74, 6) is 0.932. The molecule has 1 aromatic heterocycles. The molecule has 0 aromatic carbocycles. The summed E-state index contributed by atoms with van der Waals surface area (Å²) in [7, 11) is 0. The number of pyridine rings is 1. The number of halogens is 3. The Labute approximate surface area is 115 Å². The minimum atomic E-state index is 0. The maximum atomic E-state index is 5.78. The largest absolute Gasteiger partial charge is 0.490 e. The van der Waals surface area contributed by atoms with Crippen LogP contribution in [0.5, 0.6) is 5.75 Å². The first kappa shape index (κ1) is 18.2. The summed E-state index contributed by atoms with van der Waals surface area (Å²) in [6.07, 6.45) is 6.10. The van der Waals surface area contributed by atoms with Crippen molar-refractivity contribution < 1.29 is 4.74 Å². The molecule has 2 rings (SSSR count). The Morgan fingerprint density at radius 2 is 1.62 bits per heavy atom. The highest BCUT2D eigenvalue weighted by Gasteiger charge is 2.13. The minimum Gasteiger partial charge on any atom is -0.490 e. The molecule has 2 heterocycles. The molecular formula is C10H17Cl3N2O. The summed E-state index contributed by atoms with van der Waals surface area (Å²) in [5.41, 5.74) is 0. The third-order valence-corrected chi connectivity index (χ3v) is 2.24. The van der Waals surface area contributed by atoms with Gasteiger partial charge in [-0.05, 0) is 38.1 Å². The van der Waals surface area contributed by atoms with E-state index in [-0.39, 0.29) is 37.2 Å². The van der Waals surface area contributed by atoms with Gasteiger partial charge >= 0.3 is 0 Å².